The number of nitrogens with one attached hydrogen (secondary N) is 1. The van der Waals surface area contributed by atoms with Crippen LogP contribution in [0.1, 0.15) is 37.3 Å². The van der Waals surface area contributed by atoms with Crippen molar-refractivity contribution in [2.24, 2.45) is 5.92 Å². The van der Waals surface area contributed by atoms with E-state index in [9.17, 15) is 8.42 Å². The van der Waals surface area contributed by atoms with Gasteiger partial charge < -0.3 is 9.64 Å². The van der Waals surface area contributed by atoms with Crippen molar-refractivity contribution in [2.75, 3.05) is 33.3 Å². The number of nitrogens with zero attached hydrogens (tertiary/aromatic N) is 1. The highest BCUT2D eigenvalue weighted by Gasteiger charge is 2.19. The van der Waals surface area contributed by atoms with Crippen molar-refractivity contribution >= 4 is 10.0 Å². The summed E-state index contributed by atoms with van der Waals surface area (Å²) in [6, 6.07) is 3.33. The lowest BCUT2D eigenvalue weighted by Crippen LogP contribution is -2.35. The van der Waals surface area contributed by atoms with E-state index >= 15 is 0 Å². The van der Waals surface area contributed by atoms with Crippen molar-refractivity contribution in [1.29, 1.82) is 0 Å². The van der Waals surface area contributed by atoms with Crippen LogP contribution in [0.15, 0.2) is 17.0 Å². The Kier molecular flexibility index (Phi) is 6.66. The van der Waals surface area contributed by atoms with Crippen LogP contribution >= 0.6 is 0 Å². The number of benzene rings is 1. The number of ether oxygens (including phenoxy) is 1. The molecule has 5 nitrogen and oxygen atoms in total. The third-order valence-electron chi connectivity index (χ3n) is 5.02. The molecule has 1 aliphatic heterocycles. The summed E-state index contributed by atoms with van der Waals surface area (Å²) in [5.74, 6) is 1.53. The van der Waals surface area contributed by atoms with Crippen LogP contribution in [-0.2, 0) is 10.0 Å². The maximum absolute atomic E-state index is 12.5. The zero-order valence-corrected chi connectivity index (χ0v) is 16.1. The van der Waals surface area contributed by atoms with Crippen LogP contribution in [0, 0.1) is 19.8 Å². The number of piperidine rings is 1. The largest absolute Gasteiger partial charge is 0.496 e. The Labute approximate surface area is 146 Å². The first-order valence-electron chi connectivity index (χ1n) is 8.71. The van der Waals surface area contributed by atoms with Crippen LogP contribution in [-0.4, -0.2) is 46.6 Å². The van der Waals surface area contributed by atoms with Crippen LogP contribution in [0.5, 0.6) is 5.75 Å². The number of methoxy groups -OCH3 is 1. The molecule has 0 radical (unpaired) electrons. The second-order valence-corrected chi connectivity index (χ2v) is 8.53. The van der Waals surface area contributed by atoms with Crippen molar-refractivity contribution in [2.45, 2.75) is 44.9 Å². The van der Waals surface area contributed by atoms with E-state index in [1.165, 1.54) is 12.8 Å². The summed E-state index contributed by atoms with van der Waals surface area (Å²) < 4.78 is 33.0. The Hall–Kier alpha value is -1.11. The number of rotatable bonds is 7. The molecule has 0 spiro atoms. The van der Waals surface area contributed by atoms with Crippen LogP contribution in [0.25, 0.3) is 0 Å². The standard InChI is InChI=1S/C18H30N2O3S/c1-14-8-12-20(13-9-14)11-5-10-19-24(21,22)18-7-6-17(23-4)15(2)16(18)3/h6-7,14,19H,5,8-13H2,1-4H3. The van der Waals surface area contributed by atoms with Crippen molar-refractivity contribution < 1.29 is 13.2 Å². The zero-order chi connectivity index (χ0) is 17.7. The summed E-state index contributed by atoms with van der Waals surface area (Å²) in [4.78, 5) is 2.77. The van der Waals surface area contributed by atoms with Crippen LogP contribution in [0.3, 0.4) is 0 Å². The molecule has 1 fully saturated rings. The highest BCUT2D eigenvalue weighted by atomic mass is 32.2. The lowest BCUT2D eigenvalue weighted by Gasteiger charge is -2.30. The summed E-state index contributed by atoms with van der Waals surface area (Å²) in [7, 11) is -1.88. The molecule has 1 N–H and O–H groups in total. The van der Waals surface area contributed by atoms with E-state index in [0.717, 1.165) is 43.1 Å². The average Bonchev–Trinajstić information content (AvgIpc) is 2.55. The molecular formula is C18H30N2O3S. The highest BCUT2D eigenvalue weighted by molar-refractivity contribution is 7.89. The van der Waals surface area contributed by atoms with Gasteiger partial charge in [0.1, 0.15) is 5.75 Å². The average molecular weight is 355 g/mol. The van der Waals surface area contributed by atoms with Gasteiger partial charge in [-0.1, -0.05) is 6.92 Å². The first kappa shape index (κ1) is 19.2. The molecule has 1 aromatic carbocycles. The van der Waals surface area contributed by atoms with E-state index < -0.39 is 10.0 Å². The minimum atomic E-state index is -3.47. The van der Waals surface area contributed by atoms with Gasteiger partial charge in [0.25, 0.3) is 0 Å². The van der Waals surface area contributed by atoms with Gasteiger partial charge in [-0.3, -0.25) is 0 Å². The van der Waals surface area contributed by atoms with Gasteiger partial charge in [-0.05, 0) is 81.9 Å². The minimum Gasteiger partial charge on any atom is -0.496 e. The second-order valence-electron chi connectivity index (χ2n) is 6.79. The Bertz CT molecular complexity index is 650. The van der Waals surface area contributed by atoms with Gasteiger partial charge in [-0.25, -0.2) is 13.1 Å². The smallest absolute Gasteiger partial charge is 0.240 e. The van der Waals surface area contributed by atoms with Gasteiger partial charge in [-0.2, -0.15) is 0 Å². The Morgan fingerprint density at radius 3 is 2.50 bits per heavy atom. The lowest BCUT2D eigenvalue weighted by atomic mass is 9.99. The molecule has 0 aliphatic carbocycles. The molecule has 2 rings (SSSR count). The van der Waals surface area contributed by atoms with Crippen LogP contribution < -0.4 is 9.46 Å². The topological polar surface area (TPSA) is 58.6 Å². The van der Waals surface area contributed by atoms with Gasteiger partial charge in [0.05, 0.1) is 12.0 Å². The Morgan fingerprint density at radius 2 is 1.88 bits per heavy atom. The summed E-state index contributed by atoms with van der Waals surface area (Å²) in [5, 5.41) is 0. The second kappa shape index (κ2) is 8.32. The minimum absolute atomic E-state index is 0.340. The van der Waals surface area contributed by atoms with Gasteiger partial charge >= 0.3 is 0 Å². The van der Waals surface area contributed by atoms with Crippen LogP contribution in [0.2, 0.25) is 0 Å². The highest BCUT2D eigenvalue weighted by Crippen LogP contribution is 2.26. The van der Waals surface area contributed by atoms with E-state index in [1.54, 1.807) is 19.2 Å². The van der Waals surface area contributed by atoms with Gasteiger partial charge in [0.15, 0.2) is 0 Å². The maximum Gasteiger partial charge on any atom is 0.240 e. The molecule has 0 bridgehead atoms. The molecule has 0 amide bonds. The van der Waals surface area contributed by atoms with Gasteiger partial charge in [0.2, 0.25) is 10.0 Å². The molecule has 0 atom stereocenters. The summed E-state index contributed by atoms with van der Waals surface area (Å²) in [6.45, 7) is 9.68. The third kappa shape index (κ3) is 4.71. The van der Waals surface area contributed by atoms with E-state index in [2.05, 4.69) is 16.5 Å². The zero-order valence-electron chi connectivity index (χ0n) is 15.3. The van der Waals surface area contributed by atoms with Crippen LogP contribution in [0.4, 0.5) is 0 Å². The fourth-order valence-corrected chi connectivity index (χ4v) is 4.53. The first-order chi connectivity index (χ1) is 11.3. The Morgan fingerprint density at radius 1 is 1.21 bits per heavy atom. The molecule has 0 aromatic heterocycles. The molecule has 6 heteroatoms. The molecular weight excluding hydrogens is 324 g/mol. The molecule has 1 aromatic rings. The van der Waals surface area contributed by atoms with E-state index in [1.807, 2.05) is 13.8 Å². The van der Waals surface area contributed by atoms with Crippen molar-refractivity contribution in [3.63, 3.8) is 0 Å². The number of likely N-dealkylation sites (tertiary alicyclic amines) is 1. The monoisotopic (exact) mass is 354 g/mol. The third-order valence-corrected chi connectivity index (χ3v) is 6.62. The normalized spacial score (nSPS) is 17.2. The van der Waals surface area contributed by atoms with Crippen molar-refractivity contribution in [3.05, 3.63) is 23.3 Å². The van der Waals surface area contributed by atoms with E-state index in [0.29, 0.717) is 17.2 Å². The van der Waals surface area contributed by atoms with Crippen molar-refractivity contribution in [3.8, 4) is 5.75 Å². The van der Waals surface area contributed by atoms with E-state index in [4.69, 9.17) is 4.74 Å². The predicted molar refractivity (Wildman–Crippen MR) is 97.1 cm³/mol. The predicted octanol–water partition coefficient (Wildman–Crippen LogP) is 2.71. The van der Waals surface area contributed by atoms with Crippen molar-refractivity contribution in [1.82, 2.24) is 9.62 Å². The number of hydrogen-bond donors (Lipinski definition) is 1. The molecule has 0 saturated carbocycles. The first-order valence-corrected chi connectivity index (χ1v) is 10.2. The molecule has 1 saturated heterocycles. The fourth-order valence-electron chi connectivity index (χ4n) is 3.16. The molecule has 136 valence electrons. The summed E-state index contributed by atoms with van der Waals surface area (Å²) in [6.07, 6.45) is 3.33. The summed E-state index contributed by atoms with van der Waals surface area (Å²) >= 11 is 0. The maximum atomic E-state index is 12.5. The SMILES string of the molecule is COc1ccc(S(=O)(=O)NCCCN2CCC(C)CC2)c(C)c1C. The summed E-state index contributed by atoms with van der Waals surface area (Å²) in [5.41, 5.74) is 1.61. The quantitative estimate of drug-likeness (QED) is 0.765. The van der Waals surface area contributed by atoms with Gasteiger partial charge in [0, 0.05) is 6.54 Å². The van der Waals surface area contributed by atoms with E-state index in [-0.39, 0.29) is 0 Å². The molecule has 1 heterocycles. The number of sulfonamides is 1. The molecule has 24 heavy (non-hydrogen) atoms. The lowest BCUT2D eigenvalue weighted by molar-refractivity contribution is 0.191. The number of hydrogen-bond acceptors (Lipinski definition) is 4. The van der Waals surface area contributed by atoms with Gasteiger partial charge in [-0.15, -0.1) is 0 Å². The molecule has 1 aliphatic rings. The fraction of sp³-hybridized carbons (Fsp3) is 0.667. The molecule has 0 unspecified atom stereocenters. The Balaban J connectivity index is 1.89.